The van der Waals surface area contributed by atoms with Crippen molar-refractivity contribution >= 4 is 17.5 Å². The van der Waals surface area contributed by atoms with Crippen molar-refractivity contribution in [2.24, 2.45) is 0 Å². The average Bonchev–Trinajstić information content (AvgIpc) is 3.27. The largest absolute Gasteiger partial charge is 0.351 e. The molecule has 0 heterocycles. The number of hydrogen-bond acceptors (Lipinski definition) is 1. The van der Waals surface area contributed by atoms with Crippen LogP contribution in [0.25, 0.3) is 0 Å². The van der Waals surface area contributed by atoms with Gasteiger partial charge in [0.05, 0.1) is 0 Å². The molecule has 1 N–H and O–H groups in total. The molecule has 0 saturated heterocycles. The highest BCUT2D eigenvalue weighted by Crippen LogP contribution is 2.48. The van der Waals surface area contributed by atoms with E-state index in [1.165, 1.54) is 5.56 Å². The first-order valence-corrected chi connectivity index (χ1v) is 7.58. The summed E-state index contributed by atoms with van der Waals surface area (Å²) in [5.41, 5.74) is 3.16. The van der Waals surface area contributed by atoms with Crippen LogP contribution in [-0.4, -0.2) is 12.5 Å². The van der Waals surface area contributed by atoms with E-state index in [1.807, 2.05) is 49.4 Å². The van der Waals surface area contributed by atoms with Gasteiger partial charge in [-0.15, -0.1) is 0 Å². The number of rotatable bonds is 4. The second kappa shape index (κ2) is 5.53. The predicted octanol–water partition coefficient (Wildman–Crippen LogP) is 4.11. The lowest BCUT2D eigenvalue weighted by molar-refractivity contribution is 0.0949. The van der Waals surface area contributed by atoms with Crippen molar-refractivity contribution in [3.05, 3.63) is 70.2 Å². The number of aryl methyl sites for hydroxylation is 1. The molecule has 2 nitrogen and oxygen atoms in total. The molecule has 21 heavy (non-hydrogen) atoms. The highest BCUT2D eigenvalue weighted by molar-refractivity contribution is 6.30. The van der Waals surface area contributed by atoms with Crippen LogP contribution < -0.4 is 5.32 Å². The minimum absolute atomic E-state index is 0.0108. The highest BCUT2D eigenvalue weighted by Gasteiger charge is 2.44. The topological polar surface area (TPSA) is 29.1 Å². The Morgan fingerprint density at radius 3 is 2.52 bits per heavy atom. The number of carbonyl (C=O) groups is 1. The highest BCUT2D eigenvalue weighted by atomic mass is 35.5. The molecule has 2 aromatic rings. The molecule has 3 rings (SSSR count). The first-order chi connectivity index (χ1) is 10.1. The monoisotopic (exact) mass is 299 g/mol. The maximum Gasteiger partial charge on any atom is 0.251 e. The molecule has 108 valence electrons. The third-order valence-electron chi connectivity index (χ3n) is 4.19. The third kappa shape index (κ3) is 3.11. The van der Waals surface area contributed by atoms with E-state index in [4.69, 9.17) is 11.6 Å². The van der Waals surface area contributed by atoms with E-state index in [0.717, 1.165) is 23.4 Å². The first kappa shape index (κ1) is 14.2. The Kier molecular flexibility index (Phi) is 3.73. The van der Waals surface area contributed by atoms with Crippen molar-refractivity contribution in [2.75, 3.05) is 6.54 Å². The first-order valence-electron chi connectivity index (χ1n) is 7.20. The van der Waals surface area contributed by atoms with Gasteiger partial charge in [0.15, 0.2) is 0 Å². The normalized spacial score (nSPS) is 15.5. The van der Waals surface area contributed by atoms with Crippen molar-refractivity contribution in [1.82, 2.24) is 5.32 Å². The van der Waals surface area contributed by atoms with Gasteiger partial charge in [-0.05, 0) is 49.6 Å². The summed E-state index contributed by atoms with van der Waals surface area (Å²) in [4.78, 5) is 12.2. The van der Waals surface area contributed by atoms with Gasteiger partial charge < -0.3 is 5.32 Å². The van der Waals surface area contributed by atoms with E-state index in [0.29, 0.717) is 12.1 Å². The molecule has 0 atom stereocenters. The Morgan fingerprint density at radius 1 is 1.19 bits per heavy atom. The molecule has 0 aromatic heterocycles. The summed E-state index contributed by atoms with van der Waals surface area (Å²) < 4.78 is 0. The summed E-state index contributed by atoms with van der Waals surface area (Å²) in [6.45, 7) is 2.68. The molecule has 0 spiro atoms. The summed E-state index contributed by atoms with van der Waals surface area (Å²) in [7, 11) is 0. The van der Waals surface area contributed by atoms with Gasteiger partial charge in [-0.3, -0.25) is 4.79 Å². The molecule has 1 fully saturated rings. The van der Waals surface area contributed by atoms with Crippen molar-refractivity contribution in [1.29, 1.82) is 0 Å². The van der Waals surface area contributed by atoms with E-state index in [9.17, 15) is 4.79 Å². The third-order valence-corrected chi connectivity index (χ3v) is 4.43. The van der Waals surface area contributed by atoms with Crippen LogP contribution in [0.2, 0.25) is 5.02 Å². The standard InChI is InChI=1S/C18H18ClNO/c1-13-5-7-14(8-6-13)17(21)20-12-18(9-10-18)15-3-2-4-16(19)11-15/h2-8,11H,9-10,12H2,1H3,(H,20,21). The van der Waals surface area contributed by atoms with E-state index in [1.54, 1.807) is 0 Å². The van der Waals surface area contributed by atoms with Crippen molar-refractivity contribution in [3.63, 3.8) is 0 Å². The zero-order chi connectivity index (χ0) is 14.9. The molecule has 2 aromatic carbocycles. The Bertz CT molecular complexity index is 659. The second-order valence-corrected chi connectivity index (χ2v) is 6.28. The molecule has 0 aliphatic heterocycles. The van der Waals surface area contributed by atoms with Gasteiger partial charge in [0.1, 0.15) is 0 Å². The fraction of sp³-hybridized carbons (Fsp3) is 0.278. The van der Waals surface area contributed by atoms with Crippen molar-refractivity contribution in [2.45, 2.75) is 25.2 Å². The number of amides is 1. The molecular formula is C18H18ClNO. The van der Waals surface area contributed by atoms with Crippen LogP contribution in [0, 0.1) is 6.92 Å². The molecule has 1 aliphatic carbocycles. The predicted molar refractivity (Wildman–Crippen MR) is 85.9 cm³/mol. The summed E-state index contributed by atoms with van der Waals surface area (Å²) in [6, 6.07) is 15.6. The second-order valence-electron chi connectivity index (χ2n) is 5.84. The summed E-state index contributed by atoms with van der Waals surface area (Å²) in [5.74, 6) is -0.0108. The lowest BCUT2D eigenvalue weighted by atomic mass is 9.96. The molecule has 0 bridgehead atoms. The Morgan fingerprint density at radius 2 is 1.90 bits per heavy atom. The van der Waals surface area contributed by atoms with Crippen LogP contribution in [0.4, 0.5) is 0 Å². The zero-order valence-corrected chi connectivity index (χ0v) is 12.8. The fourth-order valence-electron chi connectivity index (χ4n) is 2.59. The zero-order valence-electron chi connectivity index (χ0n) is 12.0. The van der Waals surface area contributed by atoms with E-state index in [2.05, 4.69) is 11.4 Å². The van der Waals surface area contributed by atoms with Gasteiger partial charge in [-0.25, -0.2) is 0 Å². The van der Waals surface area contributed by atoms with Crippen LogP contribution in [0.1, 0.15) is 34.3 Å². The van der Waals surface area contributed by atoms with Crippen molar-refractivity contribution in [3.8, 4) is 0 Å². The summed E-state index contributed by atoms with van der Waals surface area (Å²) >= 11 is 6.06. The smallest absolute Gasteiger partial charge is 0.251 e. The molecule has 1 saturated carbocycles. The summed E-state index contributed by atoms with van der Waals surface area (Å²) in [5, 5.41) is 3.81. The van der Waals surface area contributed by atoms with E-state index >= 15 is 0 Å². The number of nitrogens with one attached hydrogen (secondary N) is 1. The fourth-order valence-corrected chi connectivity index (χ4v) is 2.78. The minimum atomic E-state index is -0.0108. The number of halogens is 1. The molecule has 1 aliphatic rings. The van der Waals surface area contributed by atoms with Crippen LogP contribution in [0.5, 0.6) is 0 Å². The van der Waals surface area contributed by atoms with E-state index in [-0.39, 0.29) is 11.3 Å². The van der Waals surface area contributed by atoms with Crippen molar-refractivity contribution < 1.29 is 4.79 Å². The maximum atomic E-state index is 12.2. The SMILES string of the molecule is Cc1ccc(C(=O)NCC2(c3cccc(Cl)c3)CC2)cc1. The summed E-state index contributed by atoms with van der Waals surface area (Å²) in [6.07, 6.45) is 2.20. The van der Waals surface area contributed by atoms with Crippen LogP contribution in [0.3, 0.4) is 0 Å². The van der Waals surface area contributed by atoms with E-state index < -0.39 is 0 Å². The Balaban J connectivity index is 1.67. The van der Waals surface area contributed by atoms with Crippen LogP contribution >= 0.6 is 11.6 Å². The molecule has 3 heteroatoms. The van der Waals surface area contributed by atoms with Crippen LogP contribution in [0.15, 0.2) is 48.5 Å². The number of carbonyl (C=O) groups excluding carboxylic acids is 1. The Hall–Kier alpha value is -1.80. The molecule has 0 radical (unpaired) electrons. The molecule has 0 unspecified atom stereocenters. The van der Waals surface area contributed by atoms with Gasteiger partial charge in [-0.2, -0.15) is 0 Å². The van der Waals surface area contributed by atoms with Gasteiger partial charge in [-0.1, -0.05) is 41.4 Å². The van der Waals surface area contributed by atoms with Gasteiger partial charge in [0.2, 0.25) is 0 Å². The number of benzene rings is 2. The maximum absolute atomic E-state index is 12.2. The van der Waals surface area contributed by atoms with Crippen LogP contribution in [-0.2, 0) is 5.41 Å². The minimum Gasteiger partial charge on any atom is -0.351 e. The quantitative estimate of drug-likeness (QED) is 0.904. The average molecular weight is 300 g/mol. The Labute approximate surface area is 130 Å². The number of hydrogen-bond donors (Lipinski definition) is 1. The lowest BCUT2D eigenvalue weighted by Gasteiger charge is -2.17. The molecule has 1 amide bonds. The lowest BCUT2D eigenvalue weighted by Crippen LogP contribution is -2.32. The molecular weight excluding hydrogens is 282 g/mol. The van der Waals surface area contributed by atoms with Gasteiger partial charge >= 0.3 is 0 Å². The van der Waals surface area contributed by atoms with Gasteiger partial charge in [0, 0.05) is 22.5 Å². The van der Waals surface area contributed by atoms with Gasteiger partial charge in [0.25, 0.3) is 5.91 Å².